The molecule has 0 bridgehead atoms. The van der Waals surface area contributed by atoms with Gasteiger partial charge in [0.15, 0.2) is 0 Å². The monoisotopic (exact) mass is 270 g/mol. The van der Waals surface area contributed by atoms with Crippen LogP contribution >= 0.6 is 11.3 Å². The molecule has 0 aliphatic heterocycles. The average molecular weight is 270 g/mol. The van der Waals surface area contributed by atoms with Gasteiger partial charge >= 0.3 is 0 Å². The fourth-order valence-electron chi connectivity index (χ4n) is 1.68. The molecule has 0 unspecified atom stereocenters. The summed E-state index contributed by atoms with van der Waals surface area (Å²) in [5.41, 5.74) is 0.972. The molecule has 0 atom stereocenters. The highest BCUT2D eigenvalue weighted by Crippen LogP contribution is 2.23. The van der Waals surface area contributed by atoms with Crippen LogP contribution in [0.1, 0.15) is 32.1 Å². The third-order valence-electron chi connectivity index (χ3n) is 2.73. The van der Waals surface area contributed by atoms with E-state index in [9.17, 15) is 4.79 Å². The van der Waals surface area contributed by atoms with Crippen molar-refractivity contribution in [3.05, 3.63) is 16.3 Å². The van der Waals surface area contributed by atoms with Crippen LogP contribution in [-0.4, -0.2) is 24.2 Å². The van der Waals surface area contributed by atoms with Crippen molar-refractivity contribution in [3.8, 4) is 0 Å². The number of hydrogen-bond donors (Lipinski definition) is 3. The van der Waals surface area contributed by atoms with Gasteiger partial charge in [-0.15, -0.1) is 11.3 Å². The first-order chi connectivity index (χ1) is 8.44. The van der Waals surface area contributed by atoms with Gasteiger partial charge in [0.1, 0.15) is 0 Å². The van der Waals surface area contributed by atoms with Crippen LogP contribution in [-0.2, 0) is 11.3 Å². The predicted octanol–water partition coefficient (Wildman–Crippen LogP) is 2.20. The summed E-state index contributed by atoms with van der Waals surface area (Å²) in [5.74, 6) is -0.0461. The fourth-order valence-corrected chi connectivity index (χ4v) is 2.48. The SMILES string of the molecule is CC(=O)Nc1ccsc1CNCC(C)(C)CCO. The Morgan fingerprint density at radius 3 is 2.83 bits per heavy atom. The Balaban J connectivity index is 2.44. The number of thiophene rings is 1. The normalized spacial score (nSPS) is 11.6. The number of nitrogens with one attached hydrogen (secondary N) is 2. The Labute approximate surface area is 112 Å². The smallest absolute Gasteiger partial charge is 0.221 e. The lowest BCUT2D eigenvalue weighted by molar-refractivity contribution is -0.114. The summed E-state index contributed by atoms with van der Waals surface area (Å²) in [6, 6.07) is 1.92. The molecule has 0 saturated carbocycles. The van der Waals surface area contributed by atoms with E-state index in [0.717, 1.165) is 30.1 Å². The van der Waals surface area contributed by atoms with Crippen LogP contribution in [0.2, 0.25) is 0 Å². The molecule has 1 aromatic heterocycles. The fraction of sp³-hybridized carbons (Fsp3) is 0.615. The second-order valence-corrected chi connectivity index (χ2v) is 6.18. The number of aliphatic hydroxyl groups is 1. The number of rotatable bonds is 7. The van der Waals surface area contributed by atoms with Crippen molar-refractivity contribution < 1.29 is 9.90 Å². The van der Waals surface area contributed by atoms with Crippen molar-refractivity contribution in [1.29, 1.82) is 0 Å². The van der Waals surface area contributed by atoms with E-state index in [2.05, 4.69) is 24.5 Å². The van der Waals surface area contributed by atoms with E-state index in [1.807, 2.05) is 11.4 Å². The lowest BCUT2D eigenvalue weighted by atomic mass is 9.90. The highest BCUT2D eigenvalue weighted by Gasteiger charge is 2.16. The van der Waals surface area contributed by atoms with Gasteiger partial charge in [0.2, 0.25) is 5.91 Å². The minimum Gasteiger partial charge on any atom is -0.396 e. The summed E-state index contributed by atoms with van der Waals surface area (Å²) < 4.78 is 0. The lowest BCUT2D eigenvalue weighted by Crippen LogP contribution is -2.29. The molecule has 1 amide bonds. The molecule has 1 rings (SSSR count). The van der Waals surface area contributed by atoms with Crippen LogP contribution in [0.25, 0.3) is 0 Å². The maximum atomic E-state index is 11.0. The first-order valence-corrected chi connectivity index (χ1v) is 6.98. The predicted molar refractivity (Wildman–Crippen MR) is 75.8 cm³/mol. The van der Waals surface area contributed by atoms with Gasteiger partial charge in [-0.3, -0.25) is 4.79 Å². The molecule has 0 spiro atoms. The number of carbonyl (C=O) groups excluding carboxylic acids is 1. The van der Waals surface area contributed by atoms with E-state index in [1.54, 1.807) is 11.3 Å². The van der Waals surface area contributed by atoms with E-state index in [0.29, 0.717) is 0 Å². The molecular weight excluding hydrogens is 248 g/mol. The van der Waals surface area contributed by atoms with Gasteiger partial charge in [-0.2, -0.15) is 0 Å². The molecule has 5 heteroatoms. The van der Waals surface area contributed by atoms with E-state index >= 15 is 0 Å². The zero-order valence-corrected chi connectivity index (χ0v) is 12.1. The largest absolute Gasteiger partial charge is 0.396 e. The molecule has 0 saturated heterocycles. The van der Waals surface area contributed by atoms with Crippen LogP contribution in [0.5, 0.6) is 0 Å². The molecule has 102 valence electrons. The Morgan fingerprint density at radius 1 is 1.50 bits per heavy atom. The molecular formula is C13H22N2O2S. The van der Waals surface area contributed by atoms with Crippen molar-refractivity contribution in [2.45, 2.75) is 33.7 Å². The minimum absolute atomic E-state index is 0.0461. The van der Waals surface area contributed by atoms with E-state index in [1.165, 1.54) is 6.92 Å². The highest BCUT2D eigenvalue weighted by molar-refractivity contribution is 7.10. The maximum Gasteiger partial charge on any atom is 0.221 e. The molecule has 0 aromatic carbocycles. The zero-order valence-electron chi connectivity index (χ0n) is 11.2. The number of aliphatic hydroxyl groups excluding tert-OH is 1. The van der Waals surface area contributed by atoms with Crippen LogP contribution in [0.15, 0.2) is 11.4 Å². The van der Waals surface area contributed by atoms with Crippen molar-refractivity contribution in [3.63, 3.8) is 0 Å². The van der Waals surface area contributed by atoms with Gasteiger partial charge in [-0.1, -0.05) is 13.8 Å². The zero-order chi connectivity index (χ0) is 13.6. The first kappa shape index (κ1) is 15.1. The Kier molecular flexibility index (Phi) is 5.78. The van der Waals surface area contributed by atoms with Gasteiger partial charge < -0.3 is 15.7 Å². The second kappa shape index (κ2) is 6.87. The van der Waals surface area contributed by atoms with E-state index < -0.39 is 0 Å². The Morgan fingerprint density at radius 2 is 2.22 bits per heavy atom. The number of carbonyl (C=O) groups is 1. The van der Waals surface area contributed by atoms with Gasteiger partial charge in [0, 0.05) is 31.5 Å². The lowest BCUT2D eigenvalue weighted by Gasteiger charge is -2.23. The maximum absolute atomic E-state index is 11.0. The summed E-state index contributed by atoms with van der Waals surface area (Å²) in [6.07, 6.45) is 0.781. The van der Waals surface area contributed by atoms with Crippen molar-refractivity contribution in [1.82, 2.24) is 5.32 Å². The molecule has 4 nitrogen and oxygen atoms in total. The Bertz CT molecular complexity index is 388. The number of amides is 1. The van der Waals surface area contributed by atoms with E-state index in [-0.39, 0.29) is 17.9 Å². The van der Waals surface area contributed by atoms with Crippen LogP contribution in [0.3, 0.4) is 0 Å². The third-order valence-corrected chi connectivity index (χ3v) is 3.65. The highest BCUT2D eigenvalue weighted by atomic mass is 32.1. The molecule has 0 aliphatic rings. The molecule has 18 heavy (non-hydrogen) atoms. The van der Waals surface area contributed by atoms with Crippen molar-refractivity contribution in [2.24, 2.45) is 5.41 Å². The van der Waals surface area contributed by atoms with Gasteiger partial charge in [-0.25, -0.2) is 0 Å². The average Bonchev–Trinajstić information content (AvgIpc) is 2.64. The Hall–Kier alpha value is -0.910. The molecule has 0 aliphatic carbocycles. The number of anilines is 1. The van der Waals surface area contributed by atoms with Crippen LogP contribution in [0.4, 0.5) is 5.69 Å². The summed E-state index contributed by atoms with van der Waals surface area (Å²) in [5, 5.41) is 17.1. The third kappa shape index (κ3) is 5.16. The summed E-state index contributed by atoms with van der Waals surface area (Å²) in [4.78, 5) is 12.2. The topological polar surface area (TPSA) is 61.4 Å². The van der Waals surface area contributed by atoms with Gasteiger partial charge in [-0.05, 0) is 23.3 Å². The molecule has 0 radical (unpaired) electrons. The standard InChI is InChI=1S/C13H22N2O2S/c1-10(17)15-11-4-7-18-12(11)8-14-9-13(2,3)5-6-16/h4,7,14,16H,5-6,8-9H2,1-3H3,(H,15,17). The summed E-state index contributed by atoms with van der Waals surface area (Å²) in [6.45, 7) is 7.55. The van der Waals surface area contributed by atoms with Crippen molar-refractivity contribution >= 4 is 22.9 Å². The van der Waals surface area contributed by atoms with Gasteiger partial charge in [0.05, 0.1) is 5.69 Å². The molecule has 3 N–H and O–H groups in total. The van der Waals surface area contributed by atoms with Crippen molar-refractivity contribution in [2.75, 3.05) is 18.5 Å². The quantitative estimate of drug-likeness (QED) is 0.712. The summed E-state index contributed by atoms with van der Waals surface area (Å²) in [7, 11) is 0. The second-order valence-electron chi connectivity index (χ2n) is 5.18. The van der Waals surface area contributed by atoms with Crippen LogP contribution in [0, 0.1) is 5.41 Å². The molecule has 1 aromatic rings. The number of hydrogen-bond acceptors (Lipinski definition) is 4. The van der Waals surface area contributed by atoms with Crippen LogP contribution < -0.4 is 10.6 Å². The summed E-state index contributed by atoms with van der Waals surface area (Å²) >= 11 is 1.63. The molecule has 0 fully saturated rings. The molecule has 1 heterocycles. The van der Waals surface area contributed by atoms with E-state index in [4.69, 9.17) is 5.11 Å². The minimum atomic E-state index is -0.0461. The van der Waals surface area contributed by atoms with Gasteiger partial charge in [0.25, 0.3) is 0 Å². The first-order valence-electron chi connectivity index (χ1n) is 6.10.